The van der Waals surface area contributed by atoms with E-state index in [0.717, 1.165) is 22.6 Å². The Balaban J connectivity index is 1.73. The van der Waals surface area contributed by atoms with Crippen LogP contribution in [-0.4, -0.2) is 30.5 Å². The van der Waals surface area contributed by atoms with Gasteiger partial charge in [-0.2, -0.15) is 0 Å². The highest BCUT2D eigenvalue weighted by atomic mass is 16.5. The highest BCUT2D eigenvalue weighted by Crippen LogP contribution is 2.12. The summed E-state index contributed by atoms with van der Waals surface area (Å²) in [5.41, 5.74) is 2.81. The summed E-state index contributed by atoms with van der Waals surface area (Å²) in [6.07, 6.45) is 3.22. The monoisotopic (exact) mass is 383 g/mol. The molecule has 0 saturated carbocycles. The number of carbonyl (C=O) groups is 2. The van der Waals surface area contributed by atoms with Crippen LogP contribution in [0.15, 0.2) is 41.2 Å². The highest BCUT2D eigenvalue weighted by Gasteiger charge is 2.08. The van der Waals surface area contributed by atoms with Crippen molar-refractivity contribution in [1.29, 1.82) is 0 Å². The number of aromatic nitrogens is 1. The van der Waals surface area contributed by atoms with E-state index in [-0.39, 0.29) is 36.9 Å². The summed E-state index contributed by atoms with van der Waals surface area (Å²) >= 11 is 0. The second-order valence-corrected chi connectivity index (χ2v) is 6.37. The van der Waals surface area contributed by atoms with E-state index in [1.54, 1.807) is 13.2 Å². The van der Waals surface area contributed by atoms with Gasteiger partial charge in [0.05, 0.1) is 7.11 Å². The molecule has 28 heavy (non-hydrogen) atoms. The first-order valence-electron chi connectivity index (χ1n) is 8.95. The summed E-state index contributed by atoms with van der Waals surface area (Å²) in [4.78, 5) is 38.4. The van der Waals surface area contributed by atoms with E-state index < -0.39 is 0 Å². The van der Waals surface area contributed by atoms with Crippen molar-refractivity contribution in [2.75, 3.05) is 13.7 Å². The zero-order valence-corrected chi connectivity index (χ0v) is 16.3. The van der Waals surface area contributed by atoms with Gasteiger partial charge in [-0.3, -0.25) is 14.4 Å². The van der Waals surface area contributed by atoms with Crippen molar-refractivity contribution < 1.29 is 14.3 Å². The van der Waals surface area contributed by atoms with Gasteiger partial charge in [-0.05, 0) is 49.2 Å². The molecule has 0 atom stereocenters. The van der Waals surface area contributed by atoms with Gasteiger partial charge in [0.25, 0.3) is 5.56 Å². The van der Waals surface area contributed by atoms with Crippen LogP contribution in [0.25, 0.3) is 6.08 Å². The lowest BCUT2D eigenvalue weighted by molar-refractivity contribution is -0.121. The predicted molar refractivity (Wildman–Crippen MR) is 108 cm³/mol. The van der Waals surface area contributed by atoms with Crippen LogP contribution in [0.3, 0.4) is 0 Å². The molecule has 1 aromatic carbocycles. The number of methoxy groups -OCH3 is 1. The lowest BCUT2D eigenvalue weighted by Crippen LogP contribution is -2.31. The number of hydrogen-bond acceptors (Lipinski definition) is 4. The fourth-order valence-corrected chi connectivity index (χ4v) is 2.62. The Hall–Kier alpha value is -3.35. The molecule has 0 aliphatic rings. The highest BCUT2D eigenvalue weighted by molar-refractivity contribution is 5.92. The Morgan fingerprint density at radius 1 is 1.14 bits per heavy atom. The van der Waals surface area contributed by atoms with E-state index in [1.807, 2.05) is 44.2 Å². The third kappa shape index (κ3) is 6.42. The summed E-state index contributed by atoms with van der Waals surface area (Å²) in [6, 6.07) is 9.15. The smallest absolute Gasteiger partial charge is 0.253 e. The van der Waals surface area contributed by atoms with Crippen LogP contribution in [0.2, 0.25) is 0 Å². The second kappa shape index (κ2) is 10.1. The normalized spacial score (nSPS) is 10.7. The average Bonchev–Trinajstić information content (AvgIpc) is 2.66. The van der Waals surface area contributed by atoms with Crippen LogP contribution in [0.5, 0.6) is 5.75 Å². The van der Waals surface area contributed by atoms with E-state index >= 15 is 0 Å². The molecule has 2 rings (SSSR count). The van der Waals surface area contributed by atoms with Crippen molar-refractivity contribution in [3.63, 3.8) is 0 Å². The molecule has 148 valence electrons. The number of nitrogens with one attached hydrogen (secondary N) is 3. The van der Waals surface area contributed by atoms with Crippen molar-refractivity contribution >= 4 is 17.9 Å². The summed E-state index contributed by atoms with van der Waals surface area (Å²) < 4.78 is 5.08. The number of pyridine rings is 1. The fourth-order valence-electron chi connectivity index (χ4n) is 2.62. The Kier molecular flexibility index (Phi) is 7.56. The molecule has 7 nitrogen and oxygen atoms in total. The standard InChI is InChI=1S/C21H25N3O4/c1-14-12-15(2)24-21(27)18(14)13-23-20(26)10-11-22-19(25)9-6-16-4-7-17(28-3)8-5-16/h4-9,12H,10-11,13H2,1-3H3,(H,22,25)(H,23,26)(H,24,27)/b9-6+. The van der Waals surface area contributed by atoms with Crippen LogP contribution in [-0.2, 0) is 16.1 Å². The van der Waals surface area contributed by atoms with Gasteiger partial charge in [-0.15, -0.1) is 0 Å². The number of hydrogen-bond donors (Lipinski definition) is 3. The quantitative estimate of drug-likeness (QED) is 0.606. The van der Waals surface area contributed by atoms with E-state index in [1.165, 1.54) is 6.08 Å². The van der Waals surface area contributed by atoms with E-state index in [4.69, 9.17) is 4.74 Å². The maximum Gasteiger partial charge on any atom is 0.253 e. The van der Waals surface area contributed by atoms with E-state index in [9.17, 15) is 14.4 Å². The van der Waals surface area contributed by atoms with Crippen LogP contribution in [0, 0.1) is 13.8 Å². The van der Waals surface area contributed by atoms with Gasteiger partial charge < -0.3 is 20.4 Å². The first kappa shape index (κ1) is 21.0. The zero-order valence-electron chi connectivity index (χ0n) is 16.3. The minimum absolute atomic E-state index is 0.130. The van der Waals surface area contributed by atoms with E-state index in [2.05, 4.69) is 15.6 Å². The van der Waals surface area contributed by atoms with Crippen molar-refractivity contribution in [2.24, 2.45) is 0 Å². The fraction of sp³-hybridized carbons (Fsp3) is 0.286. The minimum Gasteiger partial charge on any atom is -0.497 e. The number of amides is 2. The van der Waals surface area contributed by atoms with E-state index in [0.29, 0.717) is 5.56 Å². The van der Waals surface area contributed by atoms with Gasteiger partial charge in [0.1, 0.15) is 5.75 Å². The number of carbonyl (C=O) groups excluding carboxylic acids is 2. The Morgan fingerprint density at radius 3 is 2.50 bits per heavy atom. The number of rotatable bonds is 8. The summed E-state index contributed by atoms with van der Waals surface area (Å²) in [5, 5.41) is 5.36. The van der Waals surface area contributed by atoms with Gasteiger partial charge >= 0.3 is 0 Å². The first-order chi connectivity index (χ1) is 13.4. The summed E-state index contributed by atoms with van der Waals surface area (Å²) in [5.74, 6) is 0.226. The maximum atomic E-state index is 11.9. The predicted octanol–water partition coefficient (Wildman–Crippen LogP) is 1.84. The molecule has 0 fully saturated rings. The number of H-pyrrole nitrogens is 1. The van der Waals surface area contributed by atoms with Gasteiger partial charge in [-0.25, -0.2) is 0 Å². The molecule has 1 heterocycles. The molecule has 0 unspecified atom stereocenters. The van der Waals surface area contributed by atoms with Crippen LogP contribution in [0.1, 0.15) is 28.8 Å². The van der Waals surface area contributed by atoms with Crippen LogP contribution in [0.4, 0.5) is 0 Å². The molecule has 2 amide bonds. The van der Waals surface area contributed by atoms with Crippen molar-refractivity contribution in [1.82, 2.24) is 15.6 Å². The van der Waals surface area contributed by atoms with Crippen LogP contribution >= 0.6 is 0 Å². The second-order valence-electron chi connectivity index (χ2n) is 6.37. The molecule has 1 aromatic heterocycles. The Labute approximate surface area is 163 Å². The molecule has 0 bridgehead atoms. The molecule has 2 aromatic rings. The number of aryl methyl sites for hydroxylation is 2. The topological polar surface area (TPSA) is 100 Å². The minimum atomic E-state index is -0.283. The molecule has 0 aliphatic heterocycles. The largest absolute Gasteiger partial charge is 0.497 e. The summed E-state index contributed by atoms with van der Waals surface area (Å²) in [6.45, 7) is 4.01. The molecule has 0 saturated heterocycles. The zero-order chi connectivity index (χ0) is 20.5. The van der Waals surface area contributed by atoms with Crippen molar-refractivity contribution in [2.45, 2.75) is 26.8 Å². The van der Waals surface area contributed by atoms with Crippen LogP contribution < -0.4 is 20.9 Å². The molecule has 3 N–H and O–H groups in total. The molecule has 0 aliphatic carbocycles. The van der Waals surface area contributed by atoms with Gasteiger partial charge in [0, 0.05) is 36.8 Å². The number of aromatic amines is 1. The third-order valence-corrected chi connectivity index (χ3v) is 4.15. The Bertz CT molecular complexity index is 914. The lowest BCUT2D eigenvalue weighted by atomic mass is 10.1. The number of benzene rings is 1. The third-order valence-electron chi connectivity index (χ3n) is 4.15. The molecule has 0 spiro atoms. The molecule has 7 heteroatoms. The lowest BCUT2D eigenvalue weighted by Gasteiger charge is -2.08. The maximum absolute atomic E-state index is 11.9. The molecular formula is C21H25N3O4. The first-order valence-corrected chi connectivity index (χ1v) is 8.95. The number of ether oxygens (including phenoxy) is 1. The van der Waals surface area contributed by atoms with Crippen molar-refractivity contribution in [3.05, 3.63) is 69.1 Å². The van der Waals surface area contributed by atoms with Crippen molar-refractivity contribution in [3.8, 4) is 5.75 Å². The Morgan fingerprint density at radius 2 is 1.86 bits per heavy atom. The SMILES string of the molecule is COc1ccc(/C=C/C(=O)NCCC(=O)NCc2c(C)cc(C)[nH]c2=O)cc1. The van der Waals surface area contributed by atoms with Gasteiger partial charge in [-0.1, -0.05) is 12.1 Å². The molecular weight excluding hydrogens is 358 g/mol. The average molecular weight is 383 g/mol. The molecule has 0 radical (unpaired) electrons. The van der Waals surface area contributed by atoms with Gasteiger partial charge in [0.2, 0.25) is 11.8 Å². The summed E-state index contributed by atoms with van der Waals surface area (Å²) in [7, 11) is 1.59. The van der Waals surface area contributed by atoms with Gasteiger partial charge in [0.15, 0.2) is 0 Å².